The summed E-state index contributed by atoms with van der Waals surface area (Å²) in [4.78, 5) is 25.8. The first kappa shape index (κ1) is 15.1. The Morgan fingerprint density at radius 2 is 2.14 bits per heavy atom. The zero-order valence-electron chi connectivity index (χ0n) is 12.9. The van der Waals surface area contributed by atoms with Crippen LogP contribution < -0.4 is 0 Å². The van der Waals surface area contributed by atoms with Crippen molar-refractivity contribution in [2.75, 3.05) is 0 Å². The molecule has 1 N–H and O–H groups in total. The number of amides is 1. The molecule has 2 aliphatic rings. The normalized spacial score (nSPS) is 27.7. The van der Waals surface area contributed by atoms with E-state index in [1.807, 2.05) is 13.2 Å². The summed E-state index contributed by atoms with van der Waals surface area (Å²) in [6.45, 7) is 0. The number of carbonyl (C=O) groups is 2. The van der Waals surface area contributed by atoms with Crippen molar-refractivity contribution in [1.29, 1.82) is 0 Å². The number of nitrogens with zero attached hydrogens (tertiary/aromatic N) is 3. The molecule has 0 radical (unpaired) electrons. The minimum atomic E-state index is -0.857. The van der Waals surface area contributed by atoms with Crippen molar-refractivity contribution in [2.24, 2.45) is 13.0 Å². The second-order valence-corrected chi connectivity index (χ2v) is 6.52. The van der Waals surface area contributed by atoms with Gasteiger partial charge in [0.05, 0.1) is 6.20 Å². The van der Waals surface area contributed by atoms with Crippen molar-refractivity contribution < 1.29 is 14.7 Å². The molecule has 0 spiro atoms. The summed E-state index contributed by atoms with van der Waals surface area (Å²) >= 11 is 0. The lowest BCUT2D eigenvalue weighted by molar-refractivity contribution is -0.149. The van der Waals surface area contributed by atoms with Gasteiger partial charge in [0, 0.05) is 25.7 Å². The highest BCUT2D eigenvalue weighted by atomic mass is 16.4. The number of carboxylic acid groups (broad SMARTS) is 1. The van der Waals surface area contributed by atoms with Gasteiger partial charge in [-0.1, -0.05) is 12.8 Å². The second kappa shape index (κ2) is 6.10. The van der Waals surface area contributed by atoms with Gasteiger partial charge in [0.2, 0.25) is 5.91 Å². The lowest BCUT2D eigenvalue weighted by Gasteiger charge is -2.33. The molecule has 22 heavy (non-hydrogen) atoms. The van der Waals surface area contributed by atoms with Crippen molar-refractivity contribution in [3.63, 3.8) is 0 Å². The van der Waals surface area contributed by atoms with Gasteiger partial charge in [0.1, 0.15) is 6.04 Å². The van der Waals surface area contributed by atoms with Crippen LogP contribution in [0.2, 0.25) is 0 Å². The predicted molar refractivity (Wildman–Crippen MR) is 80.2 cm³/mol. The average molecular weight is 305 g/mol. The topological polar surface area (TPSA) is 75.4 Å². The Balaban J connectivity index is 1.69. The van der Waals surface area contributed by atoms with Gasteiger partial charge in [-0.2, -0.15) is 5.10 Å². The SMILES string of the molecule is Cn1cc(CCC(=O)N2[C@H](C(=O)O)C[C@@H]3CCCC[C@@H]32)cn1. The third kappa shape index (κ3) is 2.87. The van der Waals surface area contributed by atoms with Gasteiger partial charge in [-0.3, -0.25) is 9.48 Å². The van der Waals surface area contributed by atoms with E-state index >= 15 is 0 Å². The number of hydrogen-bond donors (Lipinski definition) is 1. The maximum absolute atomic E-state index is 12.6. The van der Waals surface area contributed by atoms with Gasteiger partial charge in [-0.25, -0.2) is 4.79 Å². The van der Waals surface area contributed by atoms with Crippen molar-refractivity contribution in [1.82, 2.24) is 14.7 Å². The summed E-state index contributed by atoms with van der Waals surface area (Å²) in [7, 11) is 1.85. The summed E-state index contributed by atoms with van der Waals surface area (Å²) in [6, 6.07) is -0.495. The zero-order valence-corrected chi connectivity index (χ0v) is 12.9. The smallest absolute Gasteiger partial charge is 0.326 e. The average Bonchev–Trinajstić information content (AvgIpc) is 3.08. The fraction of sp³-hybridized carbons (Fsp3) is 0.688. The number of aromatic nitrogens is 2. The largest absolute Gasteiger partial charge is 0.480 e. The number of rotatable bonds is 4. The number of fused-ring (bicyclic) bond motifs is 1. The minimum absolute atomic E-state index is 0.0225. The third-order valence-corrected chi connectivity index (χ3v) is 5.05. The molecule has 1 aliphatic carbocycles. The highest BCUT2D eigenvalue weighted by Gasteiger charge is 2.47. The number of carboxylic acids is 1. The van der Waals surface area contributed by atoms with Crippen LogP contribution in [0.25, 0.3) is 0 Å². The molecule has 0 aromatic carbocycles. The van der Waals surface area contributed by atoms with Gasteiger partial charge in [0.25, 0.3) is 0 Å². The molecule has 0 bridgehead atoms. The van der Waals surface area contributed by atoms with Crippen LogP contribution in [0.1, 0.15) is 44.1 Å². The molecule has 2 fully saturated rings. The van der Waals surface area contributed by atoms with E-state index in [9.17, 15) is 14.7 Å². The molecule has 6 nitrogen and oxygen atoms in total. The van der Waals surface area contributed by atoms with Crippen LogP contribution >= 0.6 is 0 Å². The first-order valence-corrected chi connectivity index (χ1v) is 8.07. The molecular formula is C16H23N3O3. The van der Waals surface area contributed by atoms with E-state index in [0.717, 1.165) is 31.2 Å². The molecule has 2 heterocycles. The molecule has 1 aliphatic heterocycles. The van der Waals surface area contributed by atoms with Crippen LogP contribution in [-0.4, -0.2) is 43.7 Å². The maximum atomic E-state index is 12.6. The monoisotopic (exact) mass is 305 g/mol. The Morgan fingerprint density at radius 3 is 2.82 bits per heavy atom. The fourth-order valence-electron chi connectivity index (χ4n) is 4.02. The summed E-state index contributed by atoms with van der Waals surface area (Å²) in [6.07, 6.45) is 9.52. The number of aryl methyl sites for hydroxylation is 2. The Bertz CT molecular complexity index is 569. The predicted octanol–water partition coefficient (Wildman–Crippen LogP) is 1.60. The molecule has 6 heteroatoms. The van der Waals surface area contributed by atoms with Crippen LogP contribution in [-0.2, 0) is 23.1 Å². The lowest BCUT2D eigenvalue weighted by atomic mass is 9.84. The fourth-order valence-corrected chi connectivity index (χ4v) is 4.02. The molecule has 1 saturated heterocycles. The summed E-state index contributed by atoms with van der Waals surface area (Å²) in [5.41, 5.74) is 1.02. The highest BCUT2D eigenvalue weighted by Crippen LogP contribution is 2.40. The van der Waals surface area contributed by atoms with Gasteiger partial charge in [0.15, 0.2) is 0 Å². The highest BCUT2D eigenvalue weighted by molar-refractivity contribution is 5.85. The number of aliphatic carboxylic acids is 1. The van der Waals surface area contributed by atoms with Crippen molar-refractivity contribution in [2.45, 2.75) is 57.0 Å². The van der Waals surface area contributed by atoms with Crippen molar-refractivity contribution in [3.05, 3.63) is 18.0 Å². The van der Waals surface area contributed by atoms with Crippen molar-refractivity contribution >= 4 is 11.9 Å². The third-order valence-electron chi connectivity index (χ3n) is 5.05. The summed E-state index contributed by atoms with van der Waals surface area (Å²) in [5, 5.41) is 13.6. The van der Waals surface area contributed by atoms with E-state index in [-0.39, 0.29) is 11.9 Å². The van der Waals surface area contributed by atoms with Gasteiger partial charge < -0.3 is 10.0 Å². The first-order valence-electron chi connectivity index (χ1n) is 8.07. The van der Waals surface area contributed by atoms with Gasteiger partial charge in [-0.05, 0) is 37.2 Å². The molecule has 120 valence electrons. The van der Waals surface area contributed by atoms with Gasteiger partial charge >= 0.3 is 5.97 Å². The van der Waals surface area contributed by atoms with Crippen LogP contribution in [0.4, 0.5) is 0 Å². The van der Waals surface area contributed by atoms with Crippen molar-refractivity contribution in [3.8, 4) is 0 Å². The second-order valence-electron chi connectivity index (χ2n) is 6.52. The number of hydrogen-bond acceptors (Lipinski definition) is 3. The molecule has 1 aromatic heterocycles. The first-order chi connectivity index (χ1) is 10.6. The van der Waals surface area contributed by atoms with Crippen LogP contribution in [0.5, 0.6) is 0 Å². The Morgan fingerprint density at radius 1 is 1.36 bits per heavy atom. The number of likely N-dealkylation sites (tertiary alicyclic amines) is 1. The number of carbonyl (C=O) groups excluding carboxylic acids is 1. The molecule has 3 rings (SSSR count). The molecule has 3 atom stereocenters. The van der Waals surface area contributed by atoms with E-state index in [4.69, 9.17) is 0 Å². The molecule has 1 saturated carbocycles. The quantitative estimate of drug-likeness (QED) is 0.916. The van der Waals surface area contributed by atoms with E-state index in [0.29, 0.717) is 25.2 Å². The van der Waals surface area contributed by atoms with E-state index in [1.54, 1.807) is 15.8 Å². The minimum Gasteiger partial charge on any atom is -0.480 e. The van der Waals surface area contributed by atoms with Crippen LogP contribution in [0.15, 0.2) is 12.4 Å². The Labute approximate surface area is 130 Å². The molecular weight excluding hydrogens is 282 g/mol. The lowest BCUT2D eigenvalue weighted by Crippen LogP contribution is -2.46. The Hall–Kier alpha value is -1.85. The van der Waals surface area contributed by atoms with Crippen LogP contribution in [0, 0.1) is 5.92 Å². The van der Waals surface area contributed by atoms with E-state index < -0.39 is 12.0 Å². The van der Waals surface area contributed by atoms with Crippen LogP contribution in [0.3, 0.4) is 0 Å². The molecule has 1 aromatic rings. The van der Waals surface area contributed by atoms with E-state index in [1.165, 1.54) is 0 Å². The summed E-state index contributed by atoms with van der Waals surface area (Å²) < 4.78 is 1.72. The molecule has 1 amide bonds. The summed E-state index contributed by atoms with van der Waals surface area (Å²) in [5.74, 6) is -0.507. The Kier molecular flexibility index (Phi) is 4.18. The zero-order chi connectivity index (χ0) is 15.7. The maximum Gasteiger partial charge on any atom is 0.326 e. The molecule has 0 unspecified atom stereocenters. The van der Waals surface area contributed by atoms with Gasteiger partial charge in [-0.15, -0.1) is 0 Å². The standard InChI is InChI=1S/C16H23N3O3/c1-18-10-11(9-17-18)6-7-15(20)19-13-5-3-2-4-12(13)8-14(19)16(21)22/h9-10,12-14H,2-8H2,1H3,(H,21,22)/t12-,13-,14-/m0/s1. The van der Waals surface area contributed by atoms with E-state index in [2.05, 4.69) is 5.10 Å².